The molecule has 2 aromatic heterocycles. The van der Waals surface area contributed by atoms with Crippen molar-refractivity contribution in [3.05, 3.63) is 41.9 Å². The lowest BCUT2D eigenvalue weighted by molar-refractivity contribution is 0.429. The number of para-hydroxylation sites is 2. The van der Waals surface area contributed by atoms with Crippen molar-refractivity contribution in [2.45, 2.75) is 58.5 Å². The largest absolute Gasteiger partial charge is 0.423 e. The number of hydrogen-bond acceptors (Lipinski definition) is 5. The highest BCUT2D eigenvalue weighted by Crippen LogP contribution is 2.18. The Labute approximate surface area is 148 Å². The van der Waals surface area contributed by atoms with E-state index in [-0.39, 0.29) is 0 Å². The monoisotopic (exact) mass is 341 g/mol. The van der Waals surface area contributed by atoms with Gasteiger partial charge in [0.25, 0.3) is 0 Å². The Morgan fingerprint density at radius 1 is 1.04 bits per heavy atom. The molecule has 1 aromatic carbocycles. The molecule has 0 spiro atoms. The summed E-state index contributed by atoms with van der Waals surface area (Å²) < 4.78 is 8.00. The van der Waals surface area contributed by atoms with Crippen molar-refractivity contribution < 1.29 is 4.42 Å². The first-order valence-corrected chi connectivity index (χ1v) is 9.21. The molecule has 0 aliphatic carbocycles. The van der Waals surface area contributed by atoms with Crippen molar-refractivity contribution in [2.24, 2.45) is 0 Å². The third-order valence-corrected chi connectivity index (χ3v) is 4.36. The van der Waals surface area contributed by atoms with Gasteiger partial charge in [-0.2, -0.15) is 0 Å². The molecule has 0 atom stereocenters. The number of imidazole rings is 1. The molecule has 3 aromatic rings. The van der Waals surface area contributed by atoms with Gasteiger partial charge in [-0.25, -0.2) is 4.98 Å². The zero-order chi connectivity index (χ0) is 17.5. The maximum Gasteiger partial charge on any atom is 0.236 e. The Kier molecular flexibility index (Phi) is 6.17. The molecule has 25 heavy (non-hydrogen) atoms. The van der Waals surface area contributed by atoms with Gasteiger partial charge < -0.3 is 14.3 Å². The molecule has 0 unspecified atom stereocenters. The van der Waals surface area contributed by atoms with E-state index >= 15 is 0 Å². The average Bonchev–Trinajstić information content (AvgIpc) is 3.21. The van der Waals surface area contributed by atoms with E-state index in [1.54, 1.807) is 0 Å². The van der Waals surface area contributed by atoms with Crippen molar-refractivity contribution in [1.82, 2.24) is 25.1 Å². The second-order valence-electron chi connectivity index (χ2n) is 6.39. The van der Waals surface area contributed by atoms with Gasteiger partial charge in [0.2, 0.25) is 11.8 Å². The molecular formula is C19H27N5O. The Hall–Kier alpha value is -2.21. The molecule has 3 rings (SSSR count). The predicted octanol–water partition coefficient (Wildman–Crippen LogP) is 3.70. The second kappa shape index (κ2) is 8.76. The third-order valence-electron chi connectivity index (χ3n) is 4.36. The summed E-state index contributed by atoms with van der Waals surface area (Å²) in [5, 5.41) is 11.6. The summed E-state index contributed by atoms with van der Waals surface area (Å²) in [6.45, 7) is 3.49. The Morgan fingerprint density at radius 2 is 1.84 bits per heavy atom. The predicted molar refractivity (Wildman–Crippen MR) is 98.4 cm³/mol. The summed E-state index contributed by atoms with van der Waals surface area (Å²) in [6, 6.07) is 8.14. The van der Waals surface area contributed by atoms with Crippen LogP contribution in [0.2, 0.25) is 0 Å². The molecule has 6 nitrogen and oxygen atoms in total. The SMILES string of the molecule is CCCCCCCc1nnc(Cn2c(CNC)nc3ccccc32)o1. The first-order valence-electron chi connectivity index (χ1n) is 9.21. The van der Waals surface area contributed by atoms with Crippen LogP contribution in [-0.2, 0) is 19.5 Å². The van der Waals surface area contributed by atoms with Crippen LogP contribution in [0, 0.1) is 0 Å². The topological polar surface area (TPSA) is 68.8 Å². The van der Waals surface area contributed by atoms with E-state index in [2.05, 4.69) is 33.1 Å². The van der Waals surface area contributed by atoms with Crippen LogP contribution < -0.4 is 5.32 Å². The van der Waals surface area contributed by atoms with Gasteiger partial charge in [0.1, 0.15) is 12.4 Å². The average molecular weight is 341 g/mol. The van der Waals surface area contributed by atoms with E-state index in [4.69, 9.17) is 9.40 Å². The number of rotatable bonds is 10. The van der Waals surface area contributed by atoms with Crippen LogP contribution in [0.1, 0.15) is 56.6 Å². The van der Waals surface area contributed by atoms with E-state index in [1.807, 2.05) is 25.2 Å². The number of benzene rings is 1. The van der Waals surface area contributed by atoms with Crippen LogP contribution in [0.25, 0.3) is 11.0 Å². The maximum absolute atomic E-state index is 5.85. The smallest absolute Gasteiger partial charge is 0.236 e. The van der Waals surface area contributed by atoms with Crippen LogP contribution in [0.5, 0.6) is 0 Å². The molecule has 0 saturated carbocycles. The summed E-state index contributed by atoms with van der Waals surface area (Å²) in [7, 11) is 1.92. The minimum Gasteiger partial charge on any atom is -0.423 e. The number of hydrogen-bond donors (Lipinski definition) is 1. The fraction of sp³-hybridized carbons (Fsp3) is 0.526. The molecule has 0 aliphatic rings. The van der Waals surface area contributed by atoms with Crippen LogP contribution in [0.15, 0.2) is 28.7 Å². The molecule has 0 radical (unpaired) electrons. The Bertz CT molecular complexity index is 792. The standard InChI is InChI=1S/C19H27N5O/c1-3-4-5-6-7-12-18-22-23-19(25-18)14-24-16-11-9-8-10-15(16)21-17(24)13-20-2/h8-11,20H,3-7,12-14H2,1-2H3. The highest BCUT2D eigenvalue weighted by Gasteiger charge is 2.13. The van der Waals surface area contributed by atoms with Gasteiger partial charge in [0.15, 0.2) is 0 Å². The zero-order valence-corrected chi connectivity index (χ0v) is 15.2. The summed E-state index contributed by atoms with van der Waals surface area (Å²) >= 11 is 0. The number of nitrogens with zero attached hydrogens (tertiary/aromatic N) is 4. The minimum absolute atomic E-state index is 0.556. The van der Waals surface area contributed by atoms with Crippen LogP contribution in [0.4, 0.5) is 0 Å². The molecule has 0 bridgehead atoms. The van der Waals surface area contributed by atoms with Crippen LogP contribution >= 0.6 is 0 Å². The van der Waals surface area contributed by atoms with Crippen molar-refractivity contribution in [2.75, 3.05) is 7.05 Å². The molecular weight excluding hydrogens is 314 g/mol. The maximum atomic E-state index is 5.85. The van der Waals surface area contributed by atoms with E-state index in [0.29, 0.717) is 19.0 Å². The number of unbranched alkanes of at least 4 members (excludes halogenated alkanes) is 4. The number of aryl methyl sites for hydroxylation is 1. The summed E-state index contributed by atoms with van der Waals surface area (Å²) in [6.07, 6.45) is 7.05. The lowest BCUT2D eigenvalue weighted by atomic mass is 10.1. The van der Waals surface area contributed by atoms with Gasteiger partial charge in [0.05, 0.1) is 17.6 Å². The summed E-state index contributed by atoms with van der Waals surface area (Å²) in [5.74, 6) is 2.36. The van der Waals surface area contributed by atoms with Gasteiger partial charge in [-0.3, -0.25) is 0 Å². The van der Waals surface area contributed by atoms with E-state index in [0.717, 1.165) is 35.6 Å². The normalized spacial score (nSPS) is 11.4. The number of fused-ring (bicyclic) bond motifs is 1. The third kappa shape index (κ3) is 4.45. The van der Waals surface area contributed by atoms with Crippen molar-refractivity contribution >= 4 is 11.0 Å². The molecule has 134 valence electrons. The van der Waals surface area contributed by atoms with Crippen molar-refractivity contribution in [3.8, 4) is 0 Å². The minimum atomic E-state index is 0.556. The number of nitrogens with one attached hydrogen (secondary N) is 1. The lowest BCUT2D eigenvalue weighted by Crippen LogP contribution is -2.13. The Balaban J connectivity index is 1.68. The second-order valence-corrected chi connectivity index (χ2v) is 6.39. The van der Waals surface area contributed by atoms with Gasteiger partial charge >= 0.3 is 0 Å². The molecule has 0 aliphatic heterocycles. The zero-order valence-electron chi connectivity index (χ0n) is 15.2. The molecule has 6 heteroatoms. The molecule has 2 heterocycles. The van der Waals surface area contributed by atoms with E-state index < -0.39 is 0 Å². The number of aromatic nitrogens is 4. The van der Waals surface area contributed by atoms with Crippen molar-refractivity contribution in [3.63, 3.8) is 0 Å². The fourth-order valence-electron chi connectivity index (χ4n) is 3.06. The first kappa shape index (κ1) is 17.6. The molecule has 0 amide bonds. The molecule has 0 fully saturated rings. The van der Waals surface area contributed by atoms with Crippen LogP contribution in [-0.4, -0.2) is 26.8 Å². The fourth-order valence-corrected chi connectivity index (χ4v) is 3.06. The summed E-state index contributed by atoms with van der Waals surface area (Å²) in [5.41, 5.74) is 2.08. The molecule has 1 N–H and O–H groups in total. The summed E-state index contributed by atoms with van der Waals surface area (Å²) in [4.78, 5) is 4.69. The first-order chi connectivity index (χ1) is 12.3. The lowest BCUT2D eigenvalue weighted by Gasteiger charge is -2.06. The van der Waals surface area contributed by atoms with Crippen molar-refractivity contribution in [1.29, 1.82) is 0 Å². The molecule has 0 saturated heterocycles. The van der Waals surface area contributed by atoms with E-state index in [9.17, 15) is 0 Å². The van der Waals surface area contributed by atoms with Gasteiger partial charge in [-0.05, 0) is 25.6 Å². The van der Waals surface area contributed by atoms with E-state index in [1.165, 1.54) is 25.7 Å². The Morgan fingerprint density at radius 3 is 2.68 bits per heavy atom. The van der Waals surface area contributed by atoms with Crippen LogP contribution in [0.3, 0.4) is 0 Å². The van der Waals surface area contributed by atoms with Gasteiger partial charge in [0, 0.05) is 6.42 Å². The van der Waals surface area contributed by atoms with Gasteiger partial charge in [-0.15, -0.1) is 10.2 Å². The highest BCUT2D eigenvalue weighted by atomic mass is 16.4. The van der Waals surface area contributed by atoms with Gasteiger partial charge in [-0.1, -0.05) is 44.7 Å². The highest BCUT2D eigenvalue weighted by molar-refractivity contribution is 5.75. The quantitative estimate of drug-likeness (QED) is 0.569.